The summed E-state index contributed by atoms with van der Waals surface area (Å²) in [5.41, 5.74) is 7.90. The highest BCUT2D eigenvalue weighted by molar-refractivity contribution is 9.10. The fourth-order valence-corrected chi connectivity index (χ4v) is 2.27. The first-order valence-corrected chi connectivity index (χ1v) is 8.12. The second-order valence-corrected chi connectivity index (χ2v) is 5.68. The van der Waals surface area contributed by atoms with Crippen molar-refractivity contribution in [2.45, 2.75) is 6.92 Å². The van der Waals surface area contributed by atoms with Crippen LogP contribution in [0.1, 0.15) is 22.8 Å². The number of urea groups is 1. The van der Waals surface area contributed by atoms with Crippen LogP contribution in [-0.4, -0.2) is 24.8 Å². The van der Waals surface area contributed by atoms with E-state index >= 15 is 0 Å². The quantitative estimate of drug-likeness (QED) is 0.333. The number of hydrazone groups is 1. The lowest BCUT2D eigenvalue weighted by molar-refractivity contribution is 0.0734. The Bertz CT molecular complexity index is 791. The fourth-order valence-electron chi connectivity index (χ4n) is 1.89. The molecule has 25 heavy (non-hydrogen) atoms. The lowest BCUT2D eigenvalue weighted by Crippen LogP contribution is -2.24. The standard InChI is InChI=1S/C17H16BrN3O4/c1-2-24-14-6-3-11(4-7-14)16(22)25-15-8-5-13(18)9-12(15)10-20-21-17(19)23/h3-10H,2H2,1H3,(H3,19,21,23). The van der Waals surface area contributed by atoms with Gasteiger partial charge in [-0.2, -0.15) is 5.10 Å². The van der Waals surface area contributed by atoms with Crippen LogP contribution in [-0.2, 0) is 0 Å². The number of carbonyl (C=O) groups excluding carboxylic acids is 2. The van der Waals surface area contributed by atoms with Crippen molar-refractivity contribution < 1.29 is 19.1 Å². The summed E-state index contributed by atoms with van der Waals surface area (Å²) in [7, 11) is 0. The van der Waals surface area contributed by atoms with E-state index in [1.54, 1.807) is 42.5 Å². The number of nitrogens with one attached hydrogen (secondary N) is 1. The molecule has 0 aliphatic rings. The molecule has 2 rings (SSSR count). The van der Waals surface area contributed by atoms with E-state index in [0.717, 1.165) is 4.47 Å². The van der Waals surface area contributed by atoms with Gasteiger partial charge in [-0.15, -0.1) is 0 Å². The molecule has 2 amide bonds. The molecular weight excluding hydrogens is 390 g/mol. The highest BCUT2D eigenvalue weighted by Gasteiger charge is 2.12. The van der Waals surface area contributed by atoms with Gasteiger partial charge in [-0.3, -0.25) is 0 Å². The molecule has 0 atom stereocenters. The monoisotopic (exact) mass is 405 g/mol. The number of halogens is 1. The summed E-state index contributed by atoms with van der Waals surface area (Å²) in [4.78, 5) is 23.0. The predicted octanol–water partition coefficient (Wildman–Crippen LogP) is 3.07. The van der Waals surface area contributed by atoms with Gasteiger partial charge >= 0.3 is 12.0 Å². The van der Waals surface area contributed by atoms with Gasteiger partial charge in [0.05, 0.1) is 18.4 Å². The third-order valence-electron chi connectivity index (χ3n) is 2.95. The number of nitrogens with zero attached hydrogens (tertiary/aromatic N) is 1. The number of esters is 1. The fraction of sp³-hybridized carbons (Fsp3) is 0.118. The Balaban J connectivity index is 2.16. The molecule has 8 heteroatoms. The molecule has 0 bridgehead atoms. The molecule has 0 unspecified atom stereocenters. The maximum atomic E-state index is 12.3. The molecule has 0 aliphatic heterocycles. The molecule has 3 N–H and O–H groups in total. The number of amides is 2. The molecule has 0 aliphatic carbocycles. The molecule has 7 nitrogen and oxygen atoms in total. The van der Waals surface area contributed by atoms with Crippen LogP contribution in [0, 0.1) is 0 Å². The average molecular weight is 406 g/mol. The minimum Gasteiger partial charge on any atom is -0.494 e. The largest absolute Gasteiger partial charge is 0.494 e. The third-order valence-corrected chi connectivity index (χ3v) is 3.45. The van der Waals surface area contributed by atoms with Crippen molar-refractivity contribution in [2.75, 3.05) is 6.61 Å². The number of rotatable bonds is 6. The lowest BCUT2D eigenvalue weighted by Gasteiger charge is -2.09. The number of benzene rings is 2. The van der Waals surface area contributed by atoms with Crippen molar-refractivity contribution in [3.8, 4) is 11.5 Å². The summed E-state index contributed by atoms with van der Waals surface area (Å²) in [6.07, 6.45) is 1.33. The lowest BCUT2D eigenvalue weighted by atomic mass is 10.2. The van der Waals surface area contributed by atoms with Crippen molar-refractivity contribution in [1.29, 1.82) is 0 Å². The zero-order valence-electron chi connectivity index (χ0n) is 13.4. The number of ether oxygens (including phenoxy) is 2. The summed E-state index contributed by atoms with van der Waals surface area (Å²) >= 11 is 3.32. The Hall–Kier alpha value is -2.87. The summed E-state index contributed by atoms with van der Waals surface area (Å²) in [5.74, 6) is 0.438. The van der Waals surface area contributed by atoms with Crippen LogP contribution in [0.15, 0.2) is 52.0 Å². The van der Waals surface area contributed by atoms with E-state index in [9.17, 15) is 9.59 Å². The third kappa shape index (κ3) is 5.61. The maximum absolute atomic E-state index is 12.3. The maximum Gasteiger partial charge on any atom is 0.343 e. The summed E-state index contributed by atoms with van der Waals surface area (Å²) < 4.78 is 11.5. The smallest absolute Gasteiger partial charge is 0.343 e. The Kier molecular flexibility index (Phi) is 6.53. The number of carbonyl (C=O) groups is 2. The van der Waals surface area contributed by atoms with Crippen LogP contribution in [0.25, 0.3) is 0 Å². The van der Waals surface area contributed by atoms with E-state index in [1.807, 2.05) is 6.92 Å². The van der Waals surface area contributed by atoms with E-state index in [2.05, 4.69) is 26.5 Å². The van der Waals surface area contributed by atoms with Gasteiger partial charge in [-0.05, 0) is 49.4 Å². The molecule has 0 saturated heterocycles. The predicted molar refractivity (Wildman–Crippen MR) is 97.0 cm³/mol. The van der Waals surface area contributed by atoms with Gasteiger partial charge in [-0.1, -0.05) is 15.9 Å². The molecule has 0 heterocycles. The van der Waals surface area contributed by atoms with Crippen LogP contribution in [0.2, 0.25) is 0 Å². The van der Waals surface area contributed by atoms with E-state index in [0.29, 0.717) is 23.5 Å². The minimum absolute atomic E-state index is 0.289. The first-order valence-electron chi connectivity index (χ1n) is 7.32. The SMILES string of the molecule is CCOc1ccc(C(=O)Oc2ccc(Br)cc2C=NNC(N)=O)cc1. The van der Waals surface area contributed by atoms with Crippen LogP contribution in [0.5, 0.6) is 11.5 Å². The number of primary amides is 1. The first-order chi connectivity index (χ1) is 12.0. The molecule has 0 fully saturated rings. The van der Waals surface area contributed by atoms with Gasteiger partial charge in [0.25, 0.3) is 0 Å². The molecule has 0 radical (unpaired) electrons. The second-order valence-electron chi connectivity index (χ2n) is 4.76. The van der Waals surface area contributed by atoms with Crippen LogP contribution >= 0.6 is 15.9 Å². The zero-order chi connectivity index (χ0) is 18.2. The van der Waals surface area contributed by atoms with Gasteiger partial charge in [0.1, 0.15) is 11.5 Å². The van der Waals surface area contributed by atoms with Crippen LogP contribution < -0.4 is 20.6 Å². The van der Waals surface area contributed by atoms with Crippen molar-refractivity contribution in [1.82, 2.24) is 5.43 Å². The van der Waals surface area contributed by atoms with Gasteiger partial charge in [-0.25, -0.2) is 15.0 Å². The highest BCUT2D eigenvalue weighted by atomic mass is 79.9. The Morgan fingerprint density at radius 1 is 1.24 bits per heavy atom. The molecule has 2 aromatic rings. The van der Waals surface area contributed by atoms with Crippen molar-refractivity contribution in [3.63, 3.8) is 0 Å². The average Bonchev–Trinajstić information content (AvgIpc) is 2.58. The summed E-state index contributed by atoms with van der Waals surface area (Å²) in [6, 6.07) is 10.9. The molecule has 130 valence electrons. The van der Waals surface area contributed by atoms with E-state index in [-0.39, 0.29) is 5.75 Å². The van der Waals surface area contributed by atoms with E-state index in [4.69, 9.17) is 15.2 Å². The molecule has 0 saturated carbocycles. The number of hydrogen-bond acceptors (Lipinski definition) is 5. The molecular formula is C17H16BrN3O4. The summed E-state index contributed by atoms with van der Waals surface area (Å²) in [6.45, 7) is 2.43. The summed E-state index contributed by atoms with van der Waals surface area (Å²) in [5, 5.41) is 3.68. The Morgan fingerprint density at radius 2 is 1.96 bits per heavy atom. The first kappa shape index (κ1) is 18.5. The van der Waals surface area contributed by atoms with Gasteiger partial charge in [0, 0.05) is 10.0 Å². The van der Waals surface area contributed by atoms with Crippen molar-refractivity contribution in [3.05, 3.63) is 58.1 Å². The zero-order valence-corrected chi connectivity index (χ0v) is 14.9. The van der Waals surface area contributed by atoms with Crippen LogP contribution in [0.3, 0.4) is 0 Å². The Morgan fingerprint density at radius 3 is 2.60 bits per heavy atom. The van der Waals surface area contributed by atoms with Crippen molar-refractivity contribution >= 4 is 34.1 Å². The van der Waals surface area contributed by atoms with E-state index < -0.39 is 12.0 Å². The van der Waals surface area contributed by atoms with E-state index in [1.165, 1.54) is 6.21 Å². The van der Waals surface area contributed by atoms with Crippen molar-refractivity contribution in [2.24, 2.45) is 10.8 Å². The highest BCUT2D eigenvalue weighted by Crippen LogP contribution is 2.23. The van der Waals surface area contributed by atoms with Gasteiger partial charge in [0.2, 0.25) is 0 Å². The Labute approximate surface area is 152 Å². The molecule has 2 aromatic carbocycles. The second kappa shape index (κ2) is 8.84. The van der Waals surface area contributed by atoms with Crippen LogP contribution in [0.4, 0.5) is 4.79 Å². The molecule has 0 spiro atoms. The van der Waals surface area contributed by atoms with Gasteiger partial charge < -0.3 is 15.2 Å². The number of nitrogens with two attached hydrogens (primary N) is 1. The normalized spacial score (nSPS) is 10.5. The minimum atomic E-state index is -0.792. The van der Waals surface area contributed by atoms with Gasteiger partial charge in [0.15, 0.2) is 0 Å². The number of hydrogen-bond donors (Lipinski definition) is 2. The molecule has 0 aromatic heterocycles. The topological polar surface area (TPSA) is 103 Å².